The van der Waals surface area contributed by atoms with E-state index in [1.807, 2.05) is 19.1 Å². The first-order chi connectivity index (χ1) is 10.6. The summed E-state index contributed by atoms with van der Waals surface area (Å²) in [6, 6.07) is 13.8. The van der Waals surface area contributed by atoms with Crippen molar-refractivity contribution in [2.45, 2.75) is 13.3 Å². The second-order valence-corrected chi connectivity index (χ2v) is 5.19. The van der Waals surface area contributed by atoms with Crippen molar-refractivity contribution in [2.75, 3.05) is 0 Å². The van der Waals surface area contributed by atoms with E-state index in [4.69, 9.17) is 11.6 Å². The zero-order chi connectivity index (χ0) is 15.9. The van der Waals surface area contributed by atoms with Gasteiger partial charge in [-0.1, -0.05) is 41.4 Å². The Hall–Kier alpha value is -2.46. The van der Waals surface area contributed by atoms with Gasteiger partial charge in [-0.2, -0.15) is 5.10 Å². The van der Waals surface area contributed by atoms with Crippen LogP contribution < -0.4 is 5.43 Å². The smallest absolute Gasteiger partial charge is 0.271 e. The monoisotopic (exact) mass is 314 g/mol. The summed E-state index contributed by atoms with van der Waals surface area (Å²) in [5.41, 5.74) is 4.54. The van der Waals surface area contributed by atoms with Crippen LogP contribution in [-0.2, 0) is 0 Å². The topological polar surface area (TPSA) is 58.5 Å². The van der Waals surface area contributed by atoms with Crippen molar-refractivity contribution >= 4 is 29.5 Å². The highest BCUT2D eigenvalue weighted by Gasteiger charge is 2.05. The molecule has 0 aliphatic carbocycles. The molecule has 1 N–H and O–H groups in total. The van der Waals surface area contributed by atoms with Gasteiger partial charge in [0.25, 0.3) is 5.91 Å². The quantitative estimate of drug-likeness (QED) is 0.520. The van der Waals surface area contributed by atoms with Gasteiger partial charge >= 0.3 is 0 Å². The Balaban J connectivity index is 1.85. The summed E-state index contributed by atoms with van der Waals surface area (Å²) in [6.07, 6.45) is 1.51. The average Bonchev–Trinajstić information content (AvgIpc) is 2.52. The number of Topliss-reactive ketones (excluding diaryl/α,β-unsaturated/α-hetero) is 1. The normalized spacial score (nSPS) is 10.6. The minimum atomic E-state index is -0.351. The summed E-state index contributed by atoms with van der Waals surface area (Å²) in [4.78, 5) is 23.6. The maximum absolute atomic E-state index is 11.9. The molecule has 0 aliphatic heterocycles. The van der Waals surface area contributed by atoms with E-state index in [0.29, 0.717) is 16.1 Å². The summed E-state index contributed by atoms with van der Waals surface area (Å²) in [5.74, 6) is -0.403. The van der Waals surface area contributed by atoms with Crippen molar-refractivity contribution in [3.63, 3.8) is 0 Å². The fourth-order valence-electron chi connectivity index (χ4n) is 1.76. The van der Waals surface area contributed by atoms with Crippen LogP contribution in [0.4, 0.5) is 0 Å². The molecule has 1 amide bonds. The number of rotatable bonds is 5. The summed E-state index contributed by atoms with van der Waals surface area (Å²) >= 11 is 5.75. The average molecular weight is 315 g/mol. The van der Waals surface area contributed by atoms with Crippen LogP contribution in [-0.4, -0.2) is 17.9 Å². The van der Waals surface area contributed by atoms with E-state index in [-0.39, 0.29) is 18.1 Å². The summed E-state index contributed by atoms with van der Waals surface area (Å²) in [6.45, 7) is 1.96. The third kappa shape index (κ3) is 4.53. The number of nitrogens with zero attached hydrogens (tertiary/aromatic N) is 1. The molecule has 0 saturated heterocycles. The number of benzene rings is 2. The van der Waals surface area contributed by atoms with Crippen LogP contribution in [0.15, 0.2) is 53.6 Å². The zero-order valence-corrected chi connectivity index (χ0v) is 12.8. The van der Waals surface area contributed by atoms with Crippen molar-refractivity contribution in [1.29, 1.82) is 0 Å². The second kappa shape index (κ2) is 7.52. The highest BCUT2D eigenvalue weighted by atomic mass is 35.5. The molecule has 0 aliphatic rings. The van der Waals surface area contributed by atoms with Gasteiger partial charge in [0.1, 0.15) is 0 Å². The summed E-state index contributed by atoms with van der Waals surface area (Å²) < 4.78 is 0. The number of hydrogen-bond acceptors (Lipinski definition) is 3. The molecule has 2 aromatic rings. The highest BCUT2D eigenvalue weighted by molar-refractivity contribution is 6.30. The highest BCUT2D eigenvalue weighted by Crippen LogP contribution is 2.09. The fraction of sp³-hybridized carbons (Fsp3) is 0.118. The Kier molecular flexibility index (Phi) is 5.44. The first-order valence-corrected chi connectivity index (χ1v) is 7.11. The summed E-state index contributed by atoms with van der Waals surface area (Å²) in [5, 5.41) is 4.33. The Morgan fingerprint density at radius 1 is 1.05 bits per heavy atom. The molecule has 2 aromatic carbocycles. The Labute approximate surface area is 133 Å². The van der Waals surface area contributed by atoms with E-state index in [2.05, 4.69) is 10.5 Å². The lowest BCUT2D eigenvalue weighted by atomic mass is 10.1. The SMILES string of the molecule is Cc1ccc(C(=O)CC=NNC(=O)c2ccc(Cl)cc2)cc1. The summed E-state index contributed by atoms with van der Waals surface area (Å²) in [7, 11) is 0. The van der Waals surface area contributed by atoms with Crippen LogP contribution in [0.25, 0.3) is 0 Å². The molecule has 0 heterocycles. The van der Waals surface area contributed by atoms with Crippen molar-refractivity contribution in [2.24, 2.45) is 5.10 Å². The van der Waals surface area contributed by atoms with Gasteiger partial charge in [-0.05, 0) is 31.2 Å². The van der Waals surface area contributed by atoms with Crippen molar-refractivity contribution in [1.82, 2.24) is 5.43 Å². The van der Waals surface area contributed by atoms with Gasteiger partial charge in [-0.3, -0.25) is 9.59 Å². The first-order valence-electron chi connectivity index (χ1n) is 6.73. The molecule has 0 bridgehead atoms. The van der Waals surface area contributed by atoms with Gasteiger partial charge in [-0.25, -0.2) is 5.43 Å². The Morgan fingerprint density at radius 2 is 1.64 bits per heavy atom. The maximum atomic E-state index is 11.9. The van der Waals surface area contributed by atoms with E-state index >= 15 is 0 Å². The number of nitrogens with one attached hydrogen (secondary N) is 1. The van der Waals surface area contributed by atoms with Gasteiger partial charge in [0.15, 0.2) is 5.78 Å². The Bertz CT molecular complexity index is 630. The number of halogens is 1. The van der Waals surface area contributed by atoms with Gasteiger partial charge in [0.2, 0.25) is 0 Å². The molecule has 0 atom stereocenters. The number of hydrogen-bond donors (Lipinski definition) is 1. The molecule has 112 valence electrons. The standard InChI is InChI=1S/C17H15ClN2O2/c1-12-2-4-13(5-3-12)16(21)10-11-19-20-17(22)14-6-8-15(18)9-7-14/h2-9,11H,10H2,1H3,(H,20,22). The predicted octanol–water partition coefficient (Wildman–Crippen LogP) is 3.64. The molecule has 4 nitrogen and oxygen atoms in total. The second-order valence-electron chi connectivity index (χ2n) is 4.75. The molecular formula is C17H15ClN2O2. The van der Waals surface area contributed by atoms with Crippen LogP contribution in [0.1, 0.15) is 32.7 Å². The molecule has 0 unspecified atom stereocenters. The maximum Gasteiger partial charge on any atom is 0.271 e. The number of carbonyl (C=O) groups is 2. The molecule has 5 heteroatoms. The molecular weight excluding hydrogens is 300 g/mol. The zero-order valence-electron chi connectivity index (χ0n) is 12.0. The van der Waals surface area contributed by atoms with Crippen LogP contribution in [0, 0.1) is 6.92 Å². The van der Waals surface area contributed by atoms with Crippen LogP contribution in [0.2, 0.25) is 5.02 Å². The lowest BCUT2D eigenvalue weighted by molar-refractivity contribution is 0.0951. The van der Waals surface area contributed by atoms with E-state index in [1.165, 1.54) is 6.21 Å². The third-order valence-electron chi connectivity index (χ3n) is 3.01. The van der Waals surface area contributed by atoms with Gasteiger partial charge < -0.3 is 0 Å². The molecule has 0 fully saturated rings. The van der Waals surface area contributed by atoms with Gasteiger partial charge in [0.05, 0.1) is 0 Å². The first kappa shape index (κ1) is 15.9. The lowest BCUT2D eigenvalue weighted by Crippen LogP contribution is -2.17. The van der Waals surface area contributed by atoms with Crippen LogP contribution in [0.5, 0.6) is 0 Å². The van der Waals surface area contributed by atoms with E-state index in [1.54, 1.807) is 36.4 Å². The largest absolute Gasteiger partial charge is 0.294 e. The minimum absolute atomic E-state index is 0.0514. The molecule has 2 rings (SSSR count). The third-order valence-corrected chi connectivity index (χ3v) is 3.27. The van der Waals surface area contributed by atoms with Crippen LogP contribution >= 0.6 is 11.6 Å². The van der Waals surface area contributed by atoms with Crippen molar-refractivity contribution in [3.8, 4) is 0 Å². The van der Waals surface area contributed by atoms with Crippen molar-refractivity contribution in [3.05, 3.63) is 70.2 Å². The van der Waals surface area contributed by atoms with Crippen molar-refractivity contribution < 1.29 is 9.59 Å². The predicted molar refractivity (Wildman–Crippen MR) is 87.5 cm³/mol. The molecule has 0 aromatic heterocycles. The number of amides is 1. The van der Waals surface area contributed by atoms with Crippen LogP contribution in [0.3, 0.4) is 0 Å². The molecule has 0 radical (unpaired) electrons. The number of aryl methyl sites for hydroxylation is 1. The Morgan fingerprint density at radius 3 is 2.27 bits per heavy atom. The minimum Gasteiger partial charge on any atom is -0.294 e. The number of hydrazone groups is 1. The molecule has 0 spiro atoms. The van der Waals surface area contributed by atoms with Gasteiger partial charge in [-0.15, -0.1) is 0 Å². The fourth-order valence-corrected chi connectivity index (χ4v) is 1.88. The van der Waals surface area contributed by atoms with E-state index in [9.17, 15) is 9.59 Å². The van der Waals surface area contributed by atoms with E-state index < -0.39 is 0 Å². The number of carbonyl (C=O) groups excluding carboxylic acids is 2. The number of ketones is 1. The lowest BCUT2D eigenvalue weighted by Gasteiger charge is -2.00. The molecule has 0 saturated carbocycles. The molecule has 22 heavy (non-hydrogen) atoms. The van der Waals surface area contributed by atoms with E-state index in [0.717, 1.165) is 5.56 Å². The van der Waals surface area contributed by atoms with Gasteiger partial charge in [0, 0.05) is 28.8 Å².